The molecule has 0 aliphatic rings. The lowest BCUT2D eigenvalue weighted by atomic mass is 10.00. The molecule has 0 fully saturated rings. The summed E-state index contributed by atoms with van der Waals surface area (Å²) in [5.41, 5.74) is -0.509. The van der Waals surface area contributed by atoms with Gasteiger partial charge in [-0.2, -0.15) is 13.2 Å². The zero-order valence-corrected chi connectivity index (χ0v) is 10.5. The highest BCUT2D eigenvalue weighted by atomic mass is 19.4. The van der Waals surface area contributed by atoms with Crippen molar-refractivity contribution < 1.29 is 18.0 Å². The molecule has 0 aromatic heterocycles. The molecule has 0 saturated carbocycles. The second-order valence-corrected chi connectivity index (χ2v) is 4.92. The Bertz CT molecular complexity index is 419. The third-order valence-electron chi connectivity index (χ3n) is 1.93. The molecule has 0 spiro atoms. The summed E-state index contributed by atoms with van der Waals surface area (Å²) in [6.07, 6.45) is -1.62. The average Bonchev–Trinajstić information content (AvgIpc) is 2.22. The third kappa shape index (κ3) is 5.21. The summed E-state index contributed by atoms with van der Waals surface area (Å²) in [5.74, 6) is 0. The van der Waals surface area contributed by atoms with Gasteiger partial charge in [-0.1, -0.05) is 38.1 Å². The fourth-order valence-electron chi connectivity index (χ4n) is 1.11. The van der Waals surface area contributed by atoms with E-state index in [2.05, 4.69) is 11.4 Å². The molecule has 0 saturated heterocycles. The van der Waals surface area contributed by atoms with Crippen molar-refractivity contribution in [1.29, 1.82) is 0 Å². The minimum Gasteiger partial charge on any atom is -0.391 e. The lowest BCUT2D eigenvalue weighted by Gasteiger charge is -2.09. The molecule has 99 valence electrons. The SMILES string of the molecule is CC(C)(C)/[C]=N\OCc1cccc(C(F)(F)F)c1. The summed E-state index contributed by atoms with van der Waals surface area (Å²) in [4.78, 5) is 4.91. The predicted molar refractivity (Wildman–Crippen MR) is 63.1 cm³/mol. The summed E-state index contributed by atoms with van der Waals surface area (Å²) in [5, 5.41) is 3.60. The minimum atomic E-state index is -4.34. The molecule has 0 aliphatic heterocycles. The molecular formula is C13H15F3NO. The van der Waals surface area contributed by atoms with Gasteiger partial charge in [0.05, 0.1) is 5.56 Å². The molecule has 0 atom stereocenters. The standard InChI is InChI=1S/C13H15F3NO/c1-12(2,3)9-17-18-8-10-5-4-6-11(7-10)13(14,15)16/h4-7H,8H2,1-3H3. The second kappa shape index (κ2) is 5.42. The van der Waals surface area contributed by atoms with Crippen LogP contribution in [0.25, 0.3) is 0 Å². The van der Waals surface area contributed by atoms with E-state index in [-0.39, 0.29) is 12.0 Å². The summed E-state index contributed by atoms with van der Waals surface area (Å²) in [6.45, 7) is 5.67. The van der Waals surface area contributed by atoms with Crippen LogP contribution in [0.4, 0.5) is 13.2 Å². The van der Waals surface area contributed by atoms with Gasteiger partial charge in [-0.05, 0) is 17.7 Å². The molecule has 0 bridgehead atoms. The fourth-order valence-corrected chi connectivity index (χ4v) is 1.11. The normalized spacial score (nSPS) is 13.0. The summed E-state index contributed by atoms with van der Waals surface area (Å²) in [6, 6.07) is 4.97. The van der Waals surface area contributed by atoms with Crippen molar-refractivity contribution in [2.75, 3.05) is 0 Å². The lowest BCUT2D eigenvalue weighted by Crippen LogP contribution is -2.07. The van der Waals surface area contributed by atoms with Crippen LogP contribution in [-0.4, -0.2) is 6.21 Å². The van der Waals surface area contributed by atoms with E-state index >= 15 is 0 Å². The number of rotatable bonds is 3. The molecular weight excluding hydrogens is 243 g/mol. The average molecular weight is 258 g/mol. The van der Waals surface area contributed by atoms with Crippen molar-refractivity contribution in [2.45, 2.75) is 33.6 Å². The highest BCUT2D eigenvalue weighted by molar-refractivity contribution is 5.63. The van der Waals surface area contributed by atoms with E-state index in [1.165, 1.54) is 6.07 Å². The van der Waals surface area contributed by atoms with Gasteiger partial charge in [-0.3, -0.25) is 0 Å². The van der Waals surface area contributed by atoms with Gasteiger partial charge < -0.3 is 4.84 Å². The van der Waals surface area contributed by atoms with Gasteiger partial charge >= 0.3 is 6.18 Å². The first-order valence-electron chi connectivity index (χ1n) is 5.44. The molecule has 1 radical (unpaired) electrons. The van der Waals surface area contributed by atoms with Gasteiger partial charge in [-0.25, -0.2) is 0 Å². The minimum absolute atomic E-state index is 0.00694. The van der Waals surface area contributed by atoms with E-state index in [0.717, 1.165) is 12.1 Å². The zero-order chi connectivity index (χ0) is 13.8. The van der Waals surface area contributed by atoms with Crippen LogP contribution in [0.3, 0.4) is 0 Å². The topological polar surface area (TPSA) is 21.6 Å². The van der Waals surface area contributed by atoms with E-state index in [9.17, 15) is 13.2 Å². The van der Waals surface area contributed by atoms with Crippen LogP contribution in [0.1, 0.15) is 31.9 Å². The number of alkyl halides is 3. The molecule has 1 rings (SSSR count). The Kier molecular flexibility index (Phi) is 4.38. The number of benzene rings is 1. The lowest BCUT2D eigenvalue weighted by molar-refractivity contribution is -0.137. The number of nitrogens with zero attached hydrogens (tertiary/aromatic N) is 1. The van der Waals surface area contributed by atoms with E-state index < -0.39 is 11.7 Å². The van der Waals surface area contributed by atoms with Crippen molar-refractivity contribution in [3.63, 3.8) is 0 Å². The maximum atomic E-state index is 12.4. The van der Waals surface area contributed by atoms with Crippen LogP contribution >= 0.6 is 0 Å². The molecule has 18 heavy (non-hydrogen) atoms. The van der Waals surface area contributed by atoms with Crippen molar-refractivity contribution in [2.24, 2.45) is 10.6 Å². The van der Waals surface area contributed by atoms with Gasteiger partial charge in [0.15, 0.2) is 0 Å². The van der Waals surface area contributed by atoms with Crippen molar-refractivity contribution >= 4 is 6.21 Å². The first-order valence-corrected chi connectivity index (χ1v) is 5.44. The molecule has 0 unspecified atom stereocenters. The molecule has 0 heterocycles. The molecule has 0 amide bonds. The first-order chi connectivity index (χ1) is 8.18. The zero-order valence-electron chi connectivity index (χ0n) is 10.5. The predicted octanol–water partition coefficient (Wildman–Crippen LogP) is 4.13. The molecule has 0 N–H and O–H groups in total. The largest absolute Gasteiger partial charge is 0.416 e. The number of hydrogen-bond acceptors (Lipinski definition) is 2. The number of halogens is 3. The summed E-state index contributed by atoms with van der Waals surface area (Å²) in [7, 11) is 0. The smallest absolute Gasteiger partial charge is 0.391 e. The van der Waals surface area contributed by atoms with Crippen LogP contribution in [0, 0.1) is 5.41 Å². The highest BCUT2D eigenvalue weighted by Crippen LogP contribution is 2.29. The van der Waals surface area contributed by atoms with Crippen LogP contribution < -0.4 is 0 Å². The van der Waals surface area contributed by atoms with Gasteiger partial charge in [0.25, 0.3) is 0 Å². The highest BCUT2D eigenvalue weighted by Gasteiger charge is 2.30. The van der Waals surface area contributed by atoms with Crippen LogP contribution in [0.2, 0.25) is 0 Å². The number of hydrogen-bond donors (Lipinski definition) is 0. The quantitative estimate of drug-likeness (QED) is 0.590. The van der Waals surface area contributed by atoms with Crippen LogP contribution in [-0.2, 0) is 17.6 Å². The van der Waals surface area contributed by atoms with E-state index in [1.807, 2.05) is 20.8 Å². The monoisotopic (exact) mass is 258 g/mol. The Labute approximate surface area is 104 Å². The van der Waals surface area contributed by atoms with Gasteiger partial charge in [0, 0.05) is 5.41 Å². The molecule has 5 heteroatoms. The van der Waals surface area contributed by atoms with Crippen molar-refractivity contribution in [3.8, 4) is 0 Å². The van der Waals surface area contributed by atoms with Gasteiger partial charge in [0.2, 0.25) is 0 Å². The van der Waals surface area contributed by atoms with E-state index in [1.54, 1.807) is 6.07 Å². The van der Waals surface area contributed by atoms with E-state index in [0.29, 0.717) is 5.56 Å². The van der Waals surface area contributed by atoms with Crippen molar-refractivity contribution in [1.82, 2.24) is 0 Å². The Balaban J connectivity index is 2.61. The molecule has 2 nitrogen and oxygen atoms in total. The van der Waals surface area contributed by atoms with Crippen LogP contribution in [0.15, 0.2) is 29.4 Å². The Morgan fingerprint density at radius 3 is 2.44 bits per heavy atom. The van der Waals surface area contributed by atoms with Crippen molar-refractivity contribution in [3.05, 3.63) is 35.4 Å². The van der Waals surface area contributed by atoms with Crippen LogP contribution in [0.5, 0.6) is 0 Å². The van der Waals surface area contributed by atoms with Gasteiger partial charge in [-0.15, -0.1) is 0 Å². The fraction of sp³-hybridized carbons (Fsp3) is 0.462. The van der Waals surface area contributed by atoms with Gasteiger partial charge in [0.1, 0.15) is 12.8 Å². The molecule has 1 aromatic carbocycles. The second-order valence-electron chi connectivity index (χ2n) is 4.92. The summed E-state index contributed by atoms with van der Waals surface area (Å²) >= 11 is 0. The molecule has 0 aliphatic carbocycles. The Hall–Kier alpha value is -1.52. The maximum Gasteiger partial charge on any atom is 0.416 e. The molecule has 1 aromatic rings. The van der Waals surface area contributed by atoms with E-state index in [4.69, 9.17) is 4.84 Å². The first kappa shape index (κ1) is 14.5. The Morgan fingerprint density at radius 2 is 1.89 bits per heavy atom. The third-order valence-corrected chi connectivity index (χ3v) is 1.93. The summed E-state index contributed by atoms with van der Waals surface area (Å²) < 4.78 is 37.3. The maximum absolute atomic E-state index is 12.4. The Morgan fingerprint density at radius 1 is 1.22 bits per heavy atom.